The van der Waals surface area contributed by atoms with E-state index in [9.17, 15) is 0 Å². The van der Waals surface area contributed by atoms with Gasteiger partial charge >= 0.3 is 0 Å². The summed E-state index contributed by atoms with van der Waals surface area (Å²) < 4.78 is 0. The Bertz CT molecular complexity index is 94.7. The quantitative estimate of drug-likeness (QED) is 0.632. The van der Waals surface area contributed by atoms with E-state index in [0.29, 0.717) is 0 Å². The zero-order chi connectivity index (χ0) is 9.98. The fourth-order valence-corrected chi connectivity index (χ4v) is 2.94. The van der Waals surface area contributed by atoms with Crippen molar-refractivity contribution in [3.05, 3.63) is 0 Å². The molecule has 0 saturated heterocycles. The van der Waals surface area contributed by atoms with Crippen LogP contribution in [0.15, 0.2) is 0 Å². The van der Waals surface area contributed by atoms with Crippen LogP contribution in [0, 0.1) is 0 Å². The Balaban J connectivity index is 0. The molecule has 0 aliphatic heterocycles. The average molecular weight is 192 g/mol. The van der Waals surface area contributed by atoms with E-state index in [2.05, 4.69) is 20.5 Å². The lowest BCUT2D eigenvalue weighted by molar-refractivity contribution is -0.302. The Hall–Kier alpha value is -0.100. The topological polar surface area (TPSA) is 40.1 Å². The predicted molar refractivity (Wildman–Crippen MR) is 55.2 cm³/mol. The van der Waals surface area contributed by atoms with E-state index in [-0.39, 0.29) is 7.92 Å². The van der Waals surface area contributed by atoms with Crippen molar-refractivity contribution in [1.29, 1.82) is 0 Å². The lowest BCUT2D eigenvalue weighted by atomic mass is 10.6. The molecule has 74 valence electrons. The van der Waals surface area contributed by atoms with Crippen molar-refractivity contribution in [3.8, 4) is 0 Å². The second-order valence-electron chi connectivity index (χ2n) is 2.95. The molecule has 0 atom stereocenters. The van der Waals surface area contributed by atoms with E-state index in [1.54, 1.807) is 0 Å². The first-order chi connectivity index (χ1) is 5.54. The monoisotopic (exact) mass is 192 g/mol. The predicted octanol–water partition coefficient (Wildman–Crippen LogP) is 1.41. The Morgan fingerprint density at radius 3 is 1.67 bits per heavy atom. The Kier molecular flexibility index (Phi) is 13.1. The summed E-state index contributed by atoms with van der Waals surface area (Å²) in [5.41, 5.74) is 0. The summed E-state index contributed by atoms with van der Waals surface area (Å²) >= 11 is 0. The van der Waals surface area contributed by atoms with Gasteiger partial charge in [0.15, 0.2) is 0 Å². The number of hydrogen-bond acceptors (Lipinski definition) is 2. The van der Waals surface area contributed by atoms with Crippen molar-refractivity contribution in [3.63, 3.8) is 0 Å². The number of hydrogen-bond donors (Lipinski definition) is 0. The number of rotatable bonds is 4. The third-order valence-corrected chi connectivity index (χ3v) is 4.06. The molecule has 0 aromatic rings. The molecule has 0 spiro atoms. The minimum absolute atomic E-state index is 0.109. The van der Waals surface area contributed by atoms with E-state index in [4.69, 9.17) is 9.90 Å². The maximum Gasteiger partial charge on any atom is 0.0566 e. The molecule has 3 heteroatoms. The van der Waals surface area contributed by atoms with Gasteiger partial charge in [-0.3, -0.25) is 0 Å². The van der Waals surface area contributed by atoms with Gasteiger partial charge in [-0.2, -0.15) is 0 Å². The normalized spacial score (nSPS) is 9.08. The molecular weight excluding hydrogens is 171 g/mol. The molecule has 2 nitrogen and oxygen atoms in total. The van der Waals surface area contributed by atoms with Crippen LogP contribution in [0.1, 0.15) is 33.6 Å². The van der Waals surface area contributed by atoms with Gasteiger partial charge < -0.3 is 9.90 Å². The number of carboxylic acids is 1. The first-order valence-electron chi connectivity index (χ1n) is 4.53. The Morgan fingerprint density at radius 2 is 1.50 bits per heavy atom. The second kappa shape index (κ2) is 10.9. The minimum Gasteiger partial charge on any atom is -0.550 e. The van der Waals surface area contributed by atoms with Gasteiger partial charge in [-0.1, -0.05) is 13.8 Å². The molecule has 0 aromatic carbocycles. The highest BCUT2D eigenvalue weighted by atomic mass is 31.1. The van der Waals surface area contributed by atoms with E-state index < -0.39 is 5.97 Å². The number of carbonyl (C=O) groups excluding carboxylic acids is 1. The summed E-state index contributed by atoms with van der Waals surface area (Å²) in [6.07, 6.45) is 5.81. The van der Waals surface area contributed by atoms with E-state index in [1.807, 2.05) is 0 Å². The van der Waals surface area contributed by atoms with Crippen molar-refractivity contribution >= 4 is 13.9 Å². The van der Waals surface area contributed by atoms with E-state index in [0.717, 1.165) is 6.92 Å². The molecule has 0 rings (SSSR count). The second-order valence-corrected chi connectivity index (χ2v) is 5.86. The summed E-state index contributed by atoms with van der Waals surface area (Å²) in [7, 11) is 0.109. The maximum atomic E-state index is 8.89. The summed E-state index contributed by atoms with van der Waals surface area (Å²) in [5.74, 6) is -1.08. The van der Waals surface area contributed by atoms with E-state index in [1.165, 1.54) is 25.2 Å². The molecule has 0 fully saturated rings. The zero-order valence-electron chi connectivity index (χ0n) is 8.64. The molecular formula is C9H21O2P. The fourth-order valence-electron chi connectivity index (χ4n) is 0.979. The van der Waals surface area contributed by atoms with Crippen LogP contribution in [0.5, 0.6) is 0 Å². The van der Waals surface area contributed by atoms with Gasteiger partial charge in [0.05, 0.1) is 12.3 Å². The standard InChI is InChI=1S/C7H17P.C2H4O2/c1-4-6-8(3)7-5-2;1-2(3)4/h4-7H2,1-3H3;1H3,(H,3,4). The SMILES string of the molecule is CC(=O)[O-].CCC[PH+](C)CCC. The molecule has 0 amide bonds. The lowest BCUT2D eigenvalue weighted by Crippen LogP contribution is -2.16. The van der Waals surface area contributed by atoms with Gasteiger partial charge in [-0.25, -0.2) is 0 Å². The van der Waals surface area contributed by atoms with Crippen LogP contribution in [-0.4, -0.2) is 25.0 Å². The summed E-state index contributed by atoms with van der Waals surface area (Å²) in [6.45, 7) is 7.98. The molecule has 0 bridgehead atoms. The first kappa shape index (κ1) is 14.4. The molecule has 0 aromatic heterocycles. The molecule has 0 N–H and O–H groups in total. The first-order valence-corrected chi connectivity index (χ1v) is 6.94. The van der Waals surface area contributed by atoms with Crippen LogP contribution in [0.25, 0.3) is 0 Å². The maximum absolute atomic E-state index is 8.89. The van der Waals surface area contributed by atoms with E-state index >= 15 is 0 Å². The van der Waals surface area contributed by atoms with Crippen LogP contribution in [-0.2, 0) is 4.79 Å². The lowest BCUT2D eigenvalue weighted by Gasteiger charge is -1.98. The van der Waals surface area contributed by atoms with Crippen molar-refractivity contribution < 1.29 is 9.90 Å². The van der Waals surface area contributed by atoms with Crippen LogP contribution < -0.4 is 5.11 Å². The number of aliphatic carboxylic acids is 1. The van der Waals surface area contributed by atoms with Crippen molar-refractivity contribution in [2.45, 2.75) is 33.6 Å². The molecule has 0 unspecified atom stereocenters. The van der Waals surface area contributed by atoms with Crippen molar-refractivity contribution in [1.82, 2.24) is 0 Å². The van der Waals surface area contributed by atoms with Gasteiger partial charge in [0.25, 0.3) is 0 Å². The molecule has 0 saturated carbocycles. The third-order valence-electron chi connectivity index (χ3n) is 1.35. The molecule has 0 radical (unpaired) electrons. The van der Waals surface area contributed by atoms with Gasteiger partial charge in [0, 0.05) is 12.6 Å². The zero-order valence-corrected chi connectivity index (χ0v) is 9.64. The molecule has 0 aliphatic carbocycles. The average Bonchev–Trinajstić information content (AvgIpc) is 1.87. The largest absolute Gasteiger partial charge is 0.550 e. The van der Waals surface area contributed by atoms with Crippen LogP contribution in [0.4, 0.5) is 0 Å². The van der Waals surface area contributed by atoms with Crippen LogP contribution in [0.2, 0.25) is 0 Å². The van der Waals surface area contributed by atoms with Gasteiger partial charge in [0.1, 0.15) is 0 Å². The van der Waals surface area contributed by atoms with Crippen LogP contribution in [0.3, 0.4) is 0 Å². The highest BCUT2D eigenvalue weighted by Gasteiger charge is 2.02. The van der Waals surface area contributed by atoms with Crippen molar-refractivity contribution in [2.24, 2.45) is 0 Å². The minimum atomic E-state index is -1.08. The third kappa shape index (κ3) is 22.5. The highest BCUT2D eigenvalue weighted by Crippen LogP contribution is 2.31. The smallest absolute Gasteiger partial charge is 0.0566 e. The Morgan fingerprint density at radius 1 is 1.25 bits per heavy atom. The summed E-state index contributed by atoms with van der Waals surface area (Å²) in [5, 5.41) is 8.89. The molecule has 12 heavy (non-hydrogen) atoms. The van der Waals surface area contributed by atoms with Crippen LogP contribution >= 0.6 is 7.92 Å². The van der Waals surface area contributed by atoms with Crippen molar-refractivity contribution in [2.75, 3.05) is 19.0 Å². The van der Waals surface area contributed by atoms with Gasteiger partial charge in [-0.15, -0.1) is 0 Å². The molecule has 0 heterocycles. The number of carbonyl (C=O) groups is 1. The number of carboxylic acid groups (broad SMARTS) is 1. The fraction of sp³-hybridized carbons (Fsp3) is 0.889. The Labute approximate surface area is 77.1 Å². The summed E-state index contributed by atoms with van der Waals surface area (Å²) in [4.78, 5) is 8.89. The van der Waals surface area contributed by atoms with Gasteiger partial charge in [0.2, 0.25) is 0 Å². The summed E-state index contributed by atoms with van der Waals surface area (Å²) in [6, 6.07) is 0. The van der Waals surface area contributed by atoms with Gasteiger partial charge in [-0.05, 0) is 27.7 Å². The highest BCUT2D eigenvalue weighted by molar-refractivity contribution is 7.56. The molecule has 0 aliphatic rings.